The number of hydrogen-bond acceptors (Lipinski definition) is 5. The van der Waals surface area contributed by atoms with E-state index in [0.29, 0.717) is 18.8 Å². The number of benzene rings is 1. The van der Waals surface area contributed by atoms with Gasteiger partial charge in [0.25, 0.3) is 0 Å². The summed E-state index contributed by atoms with van der Waals surface area (Å²) in [5, 5.41) is 14.8. The van der Waals surface area contributed by atoms with Gasteiger partial charge in [-0.1, -0.05) is 24.3 Å². The fourth-order valence-corrected chi connectivity index (χ4v) is 3.34. The SMILES string of the molecule is Nc1nc2n(n1)CC(c1cccc3cccnc13)C(C(=O)O)C2. The molecule has 7 nitrogen and oxygen atoms in total. The molecule has 0 aliphatic carbocycles. The first-order valence-electron chi connectivity index (χ1n) is 7.39. The second kappa shape index (κ2) is 5.05. The van der Waals surface area contributed by atoms with Crippen LogP contribution in [0.5, 0.6) is 0 Å². The normalized spacial score (nSPS) is 20.3. The van der Waals surface area contributed by atoms with Gasteiger partial charge in [-0.15, -0.1) is 5.10 Å². The Balaban J connectivity index is 1.86. The van der Waals surface area contributed by atoms with Gasteiger partial charge in [0, 0.05) is 23.9 Å². The summed E-state index contributed by atoms with van der Waals surface area (Å²) in [4.78, 5) is 20.4. The fourth-order valence-electron chi connectivity index (χ4n) is 3.34. The zero-order chi connectivity index (χ0) is 16.0. The van der Waals surface area contributed by atoms with Crippen LogP contribution in [-0.2, 0) is 17.8 Å². The third-order valence-corrected chi connectivity index (χ3v) is 4.40. The van der Waals surface area contributed by atoms with Crippen molar-refractivity contribution in [2.45, 2.75) is 18.9 Å². The van der Waals surface area contributed by atoms with Crippen LogP contribution in [0.1, 0.15) is 17.3 Å². The number of aliphatic carboxylic acids is 1. The number of nitrogens with two attached hydrogens (primary N) is 1. The molecule has 0 saturated heterocycles. The number of rotatable bonds is 2. The minimum atomic E-state index is -0.837. The minimum absolute atomic E-state index is 0.181. The molecule has 7 heteroatoms. The maximum Gasteiger partial charge on any atom is 0.307 e. The van der Waals surface area contributed by atoms with E-state index in [1.165, 1.54) is 0 Å². The lowest BCUT2D eigenvalue weighted by Gasteiger charge is -2.29. The second-order valence-corrected chi connectivity index (χ2v) is 5.75. The van der Waals surface area contributed by atoms with Gasteiger partial charge in [0.15, 0.2) is 0 Å². The van der Waals surface area contributed by atoms with Gasteiger partial charge in [-0.25, -0.2) is 4.68 Å². The van der Waals surface area contributed by atoms with Gasteiger partial charge in [0.2, 0.25) is 5.95 Å². The van der Waals surface area contributed by atoms with Crippen LogP contribution >= 0.6 is 0 Å². The molecule has 1 aliphatic heterocycles. The molecule has 116 valence electrons. The van der Waals surface area contributed by atoms with Crippen molar-refractivity contribution in [2.75, 3.05) is 5.73 Å². The van der Waals surface area contributed by atoms with Crippen LogP contribution in [0, 0.1) is 5.92 Å². The van der Waals surface area contributed by atoms with Crippen LogP contribution in [0.25, 0.3) is 10.9 Å². The topological polar surface area (TPSA) is 107 Å². The van der Waals surface area contributed by atoms with Gasteiger partial charge >= 0.3 is 5.97 Å². The number of nitrogen functional groups attached to an aromatic ring is 1. The first kappa shape index (κ1) is 13.7. The highest BCUT2D eigenvalue weighted by Crippen LogP contribution is 2.36. The van der Waals surface area contributed by atoms with Crippen molar-refractivity contribution in [1.29, 1.82) is 0 Å². The van der Waals surface area contributed by atoms with Gasteiger partial charge in [-0.05, 0) is 11.6 Å². The molecule has 0 spiro atoms. The maximum absolute atomic E-state index is 11.8. The summed E-state index contributed by atoms with van der Waals surface area (Å²) < 4.78 is 1.71. The highest BCUT2D eigenvalue weighted by Gasteiger charge is 2.37. The van der Waals surface area contributed by atoms with Crippen molar-refractivity contribution in [3.8, 4) is 0 Å². The van der Waals surface area contributed by atoms with E-state index in [1.807, 2.05) is 30.3 Å². The number of aromatic nitrogens is 4. The number of carboxylic acid groups (broad SMARTS) is 1. The molecule has 0 amide bonds. The van der Waals surface area contributed by atoms with Gasteiger partial charge in [0.05, 0.1) is 18.0 Å². The van der Waals surface area contributed by atoms with Crippen LogP contribution in [0.2, 0.25) is 0 Å². The van der Waals surface area contributed by atoms with E-state index in [9.17, 15) is 9.90 Å². The van der Waals surface area contributed by atoms with Gasteiger partial charge in [-0.2, -0.15) is 4.98 Å². The number of anilines is 1. The Morgan fingerprint density at radius 2 is 2.13 bits per heavy atom. The zero-order valence-electron chi connectivity index (χ0n) is 12.3. The molecular weight excluding hydrogens is 294 g/mol. The molecule has 3 heterocycles. The summed E-state index contributed by atoms with van der Waals surface area (Å²) in [5.41, 5.74) is 7.41. The molecule has 0 saturated carbocycles. The Morgan fingerprint density at radius 1 is 1.30 bits per heavy atom. The van der Waals surface area contributed by atoms with Crippen molar-refractivity contribution < 1.29 is 9.90 Å². The van der Waals surface area contributed by atoms with Gasteiger partial charge in [-0.3, -0.25) is 9.78 Å². The number of fused-ring (bicyclic) bond motifs is 2. The highest BCUT2D eigenvalue weighted by molar-refractivity contribution is 5.83. The molecule has 1 aromatic carbocycles. The molecular formula is C16H15N5O2. The van der Waals surface area contributed by atoms with Crippen LogP contribution in [-0.4, -0.2) is 30.8 Å². The zero-order valence-corrected chi connectivity index (χ0v) is 12.3. The number of para-hydroxylation sites is 1. The summed E-state index contributed by atoms with van der Waals surface area (Å²) in [6, 6.07) is 9.70. The van der Waals surface area contributed by atoms with E-state index in [-0.39, 0.29) is 11.9 Å². The summed E-state index contributed by atoms with van der Waals surface area (Å²) in [5.74, 6) is -0.825. The van der Waals surface area contributed by atoms with Gasteiger partial charge < -0.3 is 10.8 Å². The smallest absolute Gasteiger partial charge is 0.307 e. The number of hydrogen-bond donors (Lipinski definition) is 2. The molecule has 1 aliphatic rings. The molecule has 23 heavy (non-hydrogen) atoms. The summed E-state index contributed by atoms with van der Waals surface area (Å²) in [6.45, 7) is 0.437. The summed E-state index contributed by atoms with van der Waals surface area (Å²) in [7, 11) is 0. The third-order valence-electron chi connectivity index (χ3n) is 4.40. The number of carbonyl (C=O) groups is 1. The number of pyridine rings is 1. The number of nitrogens with zero attached hydrogens (tertiary/aromatic N) is 4. The average Bonchev–Trinajstić information content (AvgIpc) is 2.92. The van der Waals surface area contributed by atoms with Crippen LogP contribution < -0.4 is 5.73 Å². The van der Waals surface area contributed by atoms with E-state index < -0.39 is 11.9 Å². The van der Waals surface area contributed by atoms with Gasteiger partial charge in [0.1, 0.15) is 5.82 Å². The van der Waals surface area contributed by atoms with Crippen LogP contribution in [0.3, 0.4) is 0 Å². The lowest BCUT2D eigenvalue weighted by molar-refractivity contribution is -0.143. The van der Waals surface area contributed by atoms with E-state index in [1.54, 1.807) is 10.9 Å². The molecule has 4 rings (SSSR count). The van der Waals surface area contributed by atoms with E-state index in [4.69, 9.17) is 5.73 Å². The minimum Gasteiger partial charge on any atom is -0.481 e. The third kappa shape index (κ3) is 2.21. The highest BCUT2D eigenvalue weighted by atomic mass is 16.4. The van der Waals surface area contributed by atoms with Crippen molar-refractivity contribution in [2.24, 2.45) is 5.92 Å². The Labute approximate surface area is 131 Å². The van der Waals surface area contributed by atoms with Crippen molar-refractivity contribution in [1.82, 2.24) is 19.7 Å². The van der Waals surface area contributed by atoms with E-state index in [0.717, 1.165) is 16.5 Å². The van der Waals surface area contributed by atoms with Crippen molar-refractivity contribution in [3.05, 3.63) is 47.9 Å². The second-order valence-electron chi connectivity index (χ2n) is 5.75. The molecule has 0 radical (unpaired) electrons. The Kier molecular flexibility index (Phi) is 3.00. The molecule has 3 N–H and O–H groups in total. The molecule has 2 aromatic heterocycles. The Bertz CT molecular complexity index is 899. The standard InChI is InChI=1S/C16H15N5O2/c17-16-19-13-7-11(15(22)23)12(8-21(13)20-16)10-5-1-3-9-4-2-6-18-14(9)10/h1-6,11-12H,7-8H2,(H2,17,20)(H,22,23). The van der Waals surface area contributed by atoms with Crippen molar-refractivity contribution >= 4 is 22.8 Å². The predicted octanol–water partition coefficient (Wildman–Crippen LogP) is 1.45. The first-order chi connectivity index (χ1) is 11.1. The van der Waals surface area contributed by atoms with Crippen LogP contribution in [0.15, 0.2) is 36.5 Å². The Morgan fingerprint density at radius 3 is 2.96 bits per heavy atom. The largest absolute Gasteiger partial charge is 0.481 e. The fraction of sp³-hybridized carbons (Fsp3) is 0.250. The Hall–Kier alpha value is -2.96. The van der Waals surface area contributed by atoms with Crippen LogP contribution in [0.4, 0.5) is 5.95 Å². The average molecular weight is 309 g/mol. The maximum atomic E-state index is 11.8. The van der Waals surface area contributed by atoms with E-state index in [2.05, 4.69) is 15.1 Å². The lowest BCUT2D eigenvalue weighted by Crippen LogP contribution is -2.34. The lowest BCUT2D eigenvalue weighted by atomic mass is 9.80. The molecule has 0 bridgehead atoms. The summed E-state index contributed by atoms with van der Waals surface area (Å²) in [6.07, 6.45) is 2.04. The van der Waals surface area contributed by atoms with E-state index >= 15 is 0 Å². The monoisotopic (exact) mass is 309 g/mol. The molecule has 3 aromatic rings. The summed E-state index contributed by atoms with van der Waals surface area (Å²) >= 11 is 0. The quantitative estimate of drug-likeness (QED) is 0.742. The molecule has 2 unspecified atom stereocenters. The predicted molar refractivity (Wildman–Crippen MR) is 83.7 cm³/mol. The molecule has 0 fully saturated rings. The molecule has 2 atom stereocenters. The first-order valence-corrected chi connectivity index (χ1v) is 7.39. The van der Waals surface area contributed by atoms with Crippen molar-refractivity contribution in [3.63, 3.8) is 0 Å². The number of carboxylic acids is 1.